The number of phenolic OH excluding ortho intramolecular Hbond substituents is 2. The predicted octanol–water partition coefficient (Wildman–Crippen LogP) is 13.3. The monoisotopic (exact) mass is 1110 g/mol. The molecule has 12 rings (SSSR count). The maximum absolute atomic E-state index is 12.6. The van der Waals surface area contributed by atoms with E-state index < -0.39 is 23.0 Å². The maximum Gasteiger partial charge on any atom is 0.316 e. The van der Waals surface area contributed by atoms with Gasteiger partial charge >= 0.3 is 11.9 Å². The molecule has 6 aliphatic heterocycles. The second-order valence-electron chi connectivity index (χ2n) is 24.0. The van der Waals surface area contributed by atoms with Crippen molar-refractivity contribution in [1.29, 1.82) is 0 Å². The third kappa shape index (κ3) is 12.6. The Hall–Kier alpha value is -7.94. The topological polar surface area (TPSA) is 155 Å². The highest BCUT2D eigenvalue weighted by Crippen LogP contribution is 2.54. The van der Waals surface area contributed by atoms with E-state index in [1.165, 1.54) is 38.5 Å². The molecule has 6 aromatic carbocycles. The lowest BCUT2D eigenvalue weighted by molar-refractivity contribution is -0.143. The number of benzene rings is 6. The fourth-order valence-corrected chi connectivity index (χ4v) is 11.1. The summed E-state index contributed by atoms with van der Waals surface area (Å²) < 4.78 is 49.0. The van der Waals surface area contributed by atoms with Gasteiger partial charge in [-0.25, -0.2) is 0 Å². The van der Waals surface area contributed by atoms with E-state index in [-0.39, 0.29) is 23.4 Å². The lowest BCUT2D eigenvalue weighted by Crippen LogP contribution is -2.33. The molecule has 0 bridgehead atoms. The summed E-state index contributed by atoms with van der Waals surface area (Å²) in [5, 5.41) is 20.3. The molecule has 0 radical (unpaired) electrons. The molecule has 2 saturated heterocycles. The first kappa shape index (κ1) is 55.9. The molecule has 6 aromatic rings. The zero-order chi connectivity index (χ0) is 57.1. The summed E-state index contributed by atoms with van der Waals surface area (Å²) >= 11 is 0. The van der Waals surface area contributed by atoms with E-state index in [1.54, 1.807) is 48.5 Å². The van der Waals surface area contributed by atoms with Crippen LogP contribution in [0.4, 0.5) is 0 Å². The highest BCUT2D eigenvalue weighted by molar-refractivity contribution is 6.01. The first-order valence-electron chi connectivity index (χ1n) is 28.9. The molecule has 82 heavy (non-hydrogen) atoms. The lowest BCUT2D eigenvalue weighted by atomic mass is 9.84. The average molecular weight is 1110 g/mol. The minimum atomic E-state index is -0.626. The van der Waals surface area contributed by atoms with Crippen molar-refractivity contribution in [2.75, 3.05) is 65.7 Å². The summed E-state index contributed by atoms with van der Waals surface area (Å²) in [4.78, 5) is 30.0. The SMILES string of the molecule is CC(C)(C)C(=O)Oc1ccc2c(c1)OCC1=C2[C@H](c2ccc(OCCN3CCCCC3)cc2)Oc2cc(O)ccc21.CC(C)(C)C(=O)Oc1ccc2c(c1)O[C@@H](c1ccc(OCCN3CCCCC3)cc1)C1=C2COc2cc(O)ccc21. The van der Waals surface area contributed by atoms with Gasteiger partial charge in [-0.05, 0) is 177 Å². The number of esters is 2. The Labute approximate surface area is 480 Å². The maximum atomic E-state index is 12.6. The Balaban J connectivity index is 0.000000172. The van der Waals surface area contributed by atoms with E-state index in [4.69, 9.17) is 37.9 Å². The summed E-state index contributed by atoms with van der Waals surface area (Å²) in [7, 11) is 0. The van der Waals surface area contributed by atoms with Crippen LogP contribution in [0.2, 0.25) is 0 Å². The van der Waals surface area contributed by atoms with Crippen LogP contribution in [0.5, 0.6) is 57.5 Å². The van der Waals surface area contributed by atoms with Crippen LogP contribution in [0.15, 0.2) is 121 Å². The third-order valence-corrected chi connectivity index (χ3v) is 15.7. The molecule has 0 aromatic heterocycles. The van der Waals surface area contributed by atoms with Gasteiger partial charge in [0.15, 0.2) is 12.2 Å². The van der Waals surface area contributed by atoms with E-state index in [0.29, 0.717) is 60.9 Å². The van der Waals surface area contributed by atoms with Gasteiger partial charge in [0.05, 0.1) is 10.8 Å². The van der Waals surface area contributed by atoms with E-state index >= 15 is 0 Å². The van der Waals surface area contributed by atoms with Crippen LogP contribution in [0.25, 0.3) is 22.3 Å². The normalized spacial score (nSPS) is 18.4. The number of rotatable bonds is 12. The highest BCUT2D eigenvalue weighted by Gasteiger charge is 2.38. The minimum absolute atomic E-state index is 0.145. The Morgan fingerprint density at radius 2 is 0.829 bits per heavy atom. The molecule has 0 aliphatic carbocycles. The average Bonchev–Trinajstić information content (AvgIpc) is 2.89. The summed E-state index contributed by atoms with van der Waals surface area (Å²) in [6, 6.07) is 37.4. The number of ether oxygens (including phenoxy) is 8. The molecular weight excluding hydrogens is 1040 g/mol. The van der Waals surface area contributed by atoms with Crippen molar-refractivity contribution in [3.63, 3.8) is 0 Å². The number of carbonyl (C=O) groups excluding carboxylic acids is 2. The fourth-order valence-electron chi connectivity index (χ4n) is 11.1. The van der Waals surface area contributed by atoms with Crippen LogP contribution in [0, 0.1) is 10.8 Å². The van der Waals surface area contributed by atoms with Gasteiger partial charge in [0, 0.05) is 81.9 Å². The lowest BCUT2D eigenvalue weighted by Gasteiger charge is -2.35. The number of hydrogen-bond donors (Lipinski definition) is 2. The predicted molar refractivity (Wildman–Crippen MR) is 315 cm³/mol. The van der Waals surface area contributed by atoms with E-state index in [1.807, 2.05) is 114 Å². The number of carbonyl (C=O) groups is 2. The smallest absolute Gasteiger partial charge is 0.316 e. The van der Waals surface area contributed by atoms with Crippen molar-refractivity contribution in [3.05, 3.63) is 155 Å². The standard InChI is InChI=1S/2C34H37NO6/c1-34(2,3)33(37)40-25-12-14-26-28-21-39-29-19-23(36)9-13-27(29)31(28)32(41-30(26)20-25)22-7-10-24(11-8-22)38-18-17-35-15-5-4-6-16-35;1-34(2,3)33(37)40-25-12-14-27-29(20-25)39-21-28-26-13-9-23(36)19-30(26)41-32(31(27)28)22-7-10-24(11-8-22)38-18-17-35-15-5-4-6-16-35/h2*7-14,19-20,32,36H,4-6,15-18,21H2,1-3H3/t2*32-/m00/s1. The van der Waals surface area contributed by atoms with Gasteiger partial charge in [-0.2, -0.15) is 0 Å². The Kier molecular flexibility index (Phi) is 16.3. The molecule has 6 heterocycles. The molecule has 2 fully saturated rings. The van der Waals surface area contributed by atoms with E-state index in [0.717, 1.165) is 106 Å². The molecule has 2 atom stereocenters. The highest BCUT2D eigenvalue weighted by atomic mass is 16.5. The number of phenols is 2. The quantitative estimate of drug-likeness (QED) is 0.0882. The van der Waals surface area contributed by atoms with Crippen molar-refractivity contribution in [2.24, 2.45) is 10.8 Å². The first-order chi connectivity index (χ1) is 39.5. The van der Waals surface area contributed by atoms with Gasteiger partial charge < -0.3 is 48.1 Å². The Morgan fingerprint density at radius 1 is 0.463 bits per heavy atom. The van der Waals surface area contributed by atoms with Gasteiger partial charge in [-0.15, -0.1) is 0 Å². The molecule has 0 unspecified atom stereocenters. The summed E-state index contributed by atoms with van der Waals surface area (Å²) in [5.41, 5.74) is 8.23. The number of aromatic hydroxyl groups is 2. The molecule has 428 valence electrons. The number of fused-ring (bicyclic) bond motifs is 8. The van der Waals surface area contributed by atoms with Gasteiger partial charge in [-0.1, -0.05) is 37.1 Å². The first-order valence-corrected chi connectivity index (χ1v) is 28.9. The molecule has 14 nitrogen and oxygen atoms in total. The zero-order valence-corrected chi connectivity index (χ0v) is 47.9. The molecule has 2 N–H and O–H groups in total. The zero-order valence-electron chi connectivity index (χ0n) is 47.9. The Morgan fingerprint density at radius 3 is 1.28 bits per heavy atom. The van der Waals surface area contributed by atoms with Crippen LogP contribution in [-0.4, -0.2) is 97.6 Å². The summed E-state index contributed by atoms with van der Waals surface area (Å²) in [6.07, 6.45) is 6.88. The summed E-state index contributed by atoms with van der Waals surface area (Å²) in [6.45, 7) is 19.4. The van der Waals surface area contributed by atoms with Crippen LogP contribution < -0.4 is 37.9 Å². The van der Waals surface area contributed by atoms with Crippen molar-refractivity contribution < 1.29 is 57.7 Å². The largest absolute Gasteiger partial charge is 0.508 e. The van der Waals surface area contributed by atoms with E-state index in [9.17, 15) is 19.8 Å². The molecule has 0 spiro atoms. The minimum Gasteiger partial charge on any atom is -0.508 e. The van der Waals surface area contributed by atoms with Gasteiger partial charge in [-0.3, -0.25) is 19.4 Å². The molecule has 6 aliphatic rings. The fraction of sp³-hybridized carbons (Fsp3) is 0.382. The number of piperidine rings is 2. The van der Waals surface area contributed by atoms with Gasteiger partial charge in [0.2, 0.25) is 0 Å². The van der Waals surface area contributed by atoms with Gasteiger partial charge in [0.25, 0.3) is 0 Å². The second kappa shape index (κ2) is 23.9. The van der Waals surface area contributed by atoms with Crippen LogP contribution in [0.3, 0.4) is 0 Å². The molecular formula is C68H74N2O12. The van der Waals surface area contributed by atoms with Crippen molar-refractivity contribution in [3.8, 4) is 57.5 Å². The third-order valence-electron chi connectivity index (χ3n) is 15.7. The van der Waals surface area contributed by atoms with Crippen LogP contribution in [0.1, 0.15) is 126 Å². The molecule has 0 amide bonds. The second-order valence-corrected chi connectivity index (χ2v) is 24.0. The van der Waals surface area contributed by atoms with E-state index in [2.05, 4.69) is 9.80 Å². The van der Waals surface area contributed by atoms with Crippen molar-refractivity contribution in [2.45, 2.75) is 92.3 Å². The molecule has 14 heteroatoms. The van der Waals surface area contributed by atoms with Gasteiger partial charge in [0.1, 0.15) is 83.9 Å². The van der Waals surface area contributed by atoms with Crippen LogP contribution >= 0.6 is 0 Å². The van der Waals surface area contributed by atoms with Crippen molar-refractivity contribution >= 4 is 34.2 Å². The van der Waals surface area contributed by atoms with Crippen molar-refractivity contribution in [1.82, 2.24) is 9.80 Å². The number of likely N-dealkylation sites (tertiary alicyclic amines) is 2. The Bertz CT molecular complexity index is 3380. The summed E-state index contributed by atoms with van der Waals surface area (Å²) in [5.74, 6) is 4.70. The van der Waals surface area contributed by atoms with Crippen LogP contribution in [-0.2, 0) is 9.59 Å². The number of nitrogens with zero attached hydrogens (tertiary/aromatic N) is 2. The molecule has 0 saturated carbocycles. The number of hydrogen-bond acceptors (Lipinski definition) is 14.